The lowest BCUT2D eigenvalue weighted by Gasteiger charge is -2.38. The lowest BCUT2D eigenvalue weighted by molar-refractivity contribution is -0.139. The number of ether oxygens (including phenoxy) is 1. The molecule has 3 fully saturated rings. The van der Waals surface area contributed by atoms with Gasteiger partial charge in [-0.2, -0.15) is 0 Å². The number of nitrogens with zero attached hydrogens (tertiary/aromatic N) is 1. The molecule has 3 N–H and O–H groups in total. The monoisotopic (exact) mass is 503 g/mol. The number of unbranched alkanes of at least 4 members (excludes halogenated alkanes) is 1. The Morgan fingerprint density at radius 2 is 1.94 bits per heavy atom. The molecule has 3 amide bonds. The van der Waals surface area contributed by atoms with Gasteiger partial charge in [0, 0.05) is 30.6 Å². The van der Waals surface area contributed by atoms with E-state index in [0.717, 1.165) is 25.0 Å². The third-order valence-electron chi connectivity index (χ3n) is 7.62. The van der Waals surface area contributed by atoms with Crippen molar-refractivity contribution in [2.75, 3.05) is 31.6 Å². The summed E-state index contributed by atoms with van der Waals surface area (Å²) >= 11 is 1.66. The molecule has 0 radical (unpaired) electrons. The van der Waals surface area contributed by atoms with Crippen LogP contribution >= 0.6 is 11.8 Å². The molecule has 35 heavy (non-hydrogen) atoms. The van der Waals surface area contributed by atoms with Crippen LogP contribution in [0.25, 0.3) is 0 Å². The third kappa shape index (κ3) is 4.53. The smallest absolute Gasteiger partial charge is 0.244 e. The molecule has 6 atom stereocenters. The van der Waals surface area contributed by atoms with Crippen LogP contribution in [-0.4, -0.2) is 70.1 Å². The number of amides is 3. The lowest BCUT2D eigenvalue weighted by atomic mass is 9.66. The molecule has 3 saturated heterocycles. The summed E-state index contributed by atoms with van der Waals surface area (Å²) in [6.45, 7) is 7.48. The average Bonchev–Trinajstić information content (AvgIpc) is 3.43. The highest BCUT2D eigenvalue weighted by molar-refractivity contribution is 8.02. The summed E-state index contributed by atoms with van der Waals surface area (Å²) in [5, 5.41) is 15.5. The number of rotatable bonds is 11. The Balaban J connectivity index is 1.60. The molecule has 0 aliphatic carbocycles. The molecule has 1 aromatic rings. The van der Waals surface area contributed by atoms with Crippen molar-refractivity contribution >= 4 is 35.2 Å². The van der Waals surface area contributed by atoms with Crippen molar-refractivity contribution < 1.29 is 24.2 Å². The van der Waals surface area contributed by atoms with E-state index in [-0.39, 0.29) is 35.5 Å². The first-order chi connectivity index (χ1) is 16.9. The molecule has 3 aliphatic rings. The Labute approximate surface area is 211 Å². The highest BCUT2D eigenvalue weighted by Crippen LogP contribution is 2.68. The Kier molecular flexibility index (Phi) is 7.96. The number of aliphatic hydroxyl groups is 1. The fraction of sp³-hybridized carbons (Fsp3) is 0.654. The number of carbonyl (C=O) groups is 3. The molecule has 8 nitrogen and oxygen atoms in total. The second kappa shape index (κ2) is 10.8. The summed E-state index contributed by atoms with van der Waals surface area (Å²) in [4.78, 5) is 42.5. The van der Waals surface area contributed by atoms with E-state index >= 15 is 0 Å². The van der Waals surface area contributed by atoms with Crippen LogP contribution in [-0.2, 0) is 14.4 Å². The number of thioether (sulfide) groups is 1. The minimum Gasteiger partial charge on any atom is -0.494 e. The molecular formula is C26H37N3O5S. The topological polar surface area (TPSA) is 108 Å². The van der Waals surface area contributed by atoms with E-state index in [4.69, 9.17) is 4.74 Å². The summed E-state index contributed by atoms with van der Waals surface area (Å²) in [6.07, 6.45) is 3.03. The maximum absolute atomic E-state index is 13.8. The first kappa shape index (κ1) is 25.8. The van der Waals surface area contributed by atoms with Gasteiger partial charge in [-0.25, -0.2) is 0 Å². The largest absolute Gasteiger partial charge is 0.494 e. The molecule has 1 spiro atoms. The van der Waals surface area contributed by atoms with E-state index in [9.17, 15) is 19.5 Å². The zero-order valence-corrected chi connectivity index (χ0v) is 21.6. The van der Waals surface area contributed by atoms with Crippen molar-refractivity contribution in [1.82, 2.24) is 10.2 Å². The van der Waals surface area contributed by atoms with Gasteiger partial charge in [-0.05, 0) is 56.4 Å². The number of nitrogens with one attached hydrogen (secondary N) is 2. The Morgan fingerprint density at radius 3 is 2.60 bits per heavy atom. The number of benzene rings is 1. The zero-order chi connectivity index (χ0) is 25.2. The van der Waals surface area contributed by atoms with Gasteiger partial charge in [-0.3, -0.25) is 14.4 Å². The highest BCUT2D eigenvalue weighted by atomic mass is 32.2. The van der Waals surface area contributed by atoms with Crippen LogP contribution in [0.15, 0.2) is 24.3 Å². The third-order valence-corrected chi connectivity index (χ3v) is 9.69. The SMILES string of the molecule is CCCCNC(=O)C1N(CCCO)C(=O)[C@@H]2[C@H](C(=O)Nc3ccc(OCC)cc3)[C@@H]3CC(C)C12S3. The summed E-state index contributed by atoms with van der Waals surface area (Å²) in [7, 11) is 0. The van der Waals surface area contributed by atoms with E-state index < -0.39 is 22.6 Å². The van der Waals surface area contributed by atoms with Gasteiger partial charge in [0.15, 0.2) is 0 Å². The van der Waals surface area contributed by atoms with Gasteiger partial charge in [-0.15, -0.1) is 11.8 Å². The number of carbonyl (C=O) groups excluding carboxylic acids is 3. The summed E-state index contributed by atoms with van der Waals surface area (Å²) in [5.74, 6) is -0.640. The predicted octanol–water partition coefficient (Wildman–Crippen LogP) is 2.66. The Hall–Kier alpha value is -2.26. The molecule has 0 aromatic heterocycles. The Bertz CT molecular complexity index is 941. The van der Waals surface area contributed by atoms with E-state index in [2.05, 4.69) is 24.5 Å². The van der Waals surface area contributed by atoms with Crippen LogP contribution in [0, 0.1) is 17.8 Å². The minimum absolute atomic E-state index is 0.00687. The fourth-order valence-corrected chi connectivity index (χ4v) is 8.54. The molecule has 3 heterocycles. The van der Waals surface area contributed by atoms with Crippen LogP contribution in [0.1, 0.15) is 46.5 Å². The first-order valence-electron chi connectivity index (χ1n) is 12.8. The van der Waals surface area contributed by atoms with E-state index in [1.165, 1.54) is 0 Å². The van der Waals surface area contributed by atoms with Gasteiger partial charge in [0.1, 0.15) is 11.8 Å². The molecule has 192 valence electrons. The van der Waals surface area contributed by atoms with Gasteiger partial charge in [0.25, 0.3) is 0 Å². The molecule has 0 saturated carbocycles. The summed E-state index contributed by atoms with van der Waals surface area (Å²) < 4.78 is 4.85. The van der Waals surface area contributed by atoms with Crippen LogP contribution in [0.2, 0.25) is 0 Å². The number of hydrogen-bond acceptors (Lipinski definition) is 6. The van der Waals surface area contributed by atoms with Crippen LogP contribution in [0.5, 0.6) is 5.75 Å². The molecule has 1 aromatic carbocycles. The number of likely N-dealkylation sites (tertiary alicyclic amines) is 1. The van der Waals surface area contributed by atoms with E-state index in [1.807, 2.05) is 19.1 Å². The van der Waals surface area contributed by atoms with Crippen molar-refractivity contribution in [1.29, 1.82) is 0 Å². The van der Waals surface area contributed by atoms with Crippen LogP contribution in [0.4, 0.5) is 5.69 Å². The minimum atomic E-state index is -0.631. The Morgan fingerprint density at radius 1 is 1.20 bits per heavy atom. The summed E-state index contributed by atoms with van der Waals surface area (Å²) in [6, 6.07) is 6.60. The quantitative estimate of drug-likeness (QED) is 0.401. The number of anilines is 1. The summed E-state index contributed by atoms with van der Waals surface area (Å²) in [5.41, 5.74) is 0.657. The molecule has 3 unspecified atom stereocenters. The number of hydrogen-bond donors (Lipinski definition) is 3. The van der Waals surface area contributed by atoms with Crippen molar-refractivity contribution in [3.63, 3.8) is 0 Å². The predicted molar refractivity (Wildman–Crippen MR) is 136 cm³/mol. The average molecular weight is 504 g/mol. The van der Waals surface area contributed by atoms with Crippen molar-refractivity contribution in [3.8, 4) is 5.75 Å². The molecule has 3 aliphatic heterocycles. The standard InChI is InChI=1S/C26H37N3O5S/c1-4-6-12-27-24(32)22-26-16(3)15-19(35-26)20(21(26)25(33)29(22)13-7-14-30)23(31)28-17-8-10-18(11-9-17)34-5-2/h8-11,16,19-22,30H,4-7,12-15H2,1-3H3,(H,27,32)(H,28,31)/t16?,19-,20+,21-,22?,26?/m0/s1. The van der Waals surface area contributed by atoms with Gasteiger partial charge < -0.3 is 25.4 Å². The van der Waals surface area contributed by atoms with Crippen LogP contribution < -0.4 is 15.4 Å². The van der Waals surface area contributed by atoms with Gasteiger partial charge in [-0.1, -0.05) is 20.3 Å². The zero-order valence-electron chi connectivity index (χ0n) is 20.8. The van der Waals surface area contributed by atoms with Crippen molar-refractivity contribution in [3.05, 3.63) is 24.3 Å². The second-order valence-corrected chi connectivity index (χ2v) is 11.3. The van der Waals surface area contributed by atoms with Gasteiger partial charge in [0.2, 0.25) is 17.7 Å². The van der Waals surface area contributed by atoms with Gasteiger partial charge in [0.05, 0.1) is 23.2 Å². The lowest BCUT2D eigenvalue weighted by Crippen LogP contribution is -2.56. The highest BCUT2D eigenvalue weighted by Gasteiger charge is 2.75. The molecule has 2 bridgehead atoms. The molecule has 9 heteroatoms. The number of fused-ring (bicyclic) bond motifs is 1. The first-order valence-corrected chi connectivity index (χ1v) is 13.7. The molecular weight excluding hydrogens is 466 g/mol. The molecule has 4 rings (SSSR count). The second-order valence-electron chi connectivity index (χ2n) is 9.75. The number of aliphatic hydroxyl groups excluding tert-OH is 1. The van der Waals surface area contributed by atoms with Crippen LogP contribution in [0.3, 0.4) is 0 Å². The fourth-order valence-electron chi connectivity index (χ4n) is 6.11. The maximum Gasteiger partial charge on any atom is 0.244 e. The van der Waals surface area contributed by atoms with E-state index in [1.54, 1.807) is 28.8 Å². The van der Waals surface area contributed by atoms with Crippen molar-refractivity contribution in [2.24, 2.45) is 17.8 Å². The normalized spacial score (nSPS) is 30.9. The maximum atomic E-state index is 13.8. The van der Waals surface area contributed by atoms with E-state index in [0.29, 0.717) is 31.8 Å². The van der Waals surface area contributed by atoms with Crippen molar-refractivity contribution in [2.45, 2.75) is 62.5 Å². The van der Waals surface area contributed by atoms with Gasteiger partial charge >= 0.3 is 0 Å².